The number of nitrogens with one attached hydrogen (secondary N) is 1. The van der Waals surface area contributed by atoms with Crippen LogP contribution in [-0.4, -0.2) is 54.9 Å². The number of nitrogens with zero attached hydrogens (tertiary/aromatic N) is 4. The number of thiophene rings is 1. The van der Waals surface area contributed by atoms with Crippen LogP contribution in [0.25, 0.3) is 12.2 Å². The number of hydrogen-bond acceptors (Lipinski definition) is 8. The zero-order valence-electron chi connectivity index (χ0n) is 18.4. The maximum atomic E-state index is 13.1. The van der Waals surface area contributed by atoms with Crippen LogP contribution >= 0.6 is 11.3 Å². The molecule has 3 aromatic heterocycles. The van der Waals surface area contributed by atoms with Gasteiger partial charge in [-0.05, 0) is 43.3 Å². The Morgan fingerprint density at radius 1 is 1.18 bits per heavy atom. The number of amides is 1. The highest BCUT2D eigenvalue weighted by molar-refractivity contribution is 7.91. The first-order valence-electron chi connectivity index (χ1n) is 10.6. The minimum atomic E-state index is -3.58. The van der Waals surface area contributed by atoms with Crippen LogP contribution in [0.1, 0.15) is 29.7 Å². The van der Waals surface area contributed by atoms with Crippen LogP contribution in [0.2, 0.25) is 0 Å². The Morgan fingerprint density at radius 3 is 2.67 bits per heavy atom. The number of pyridine rings is 1. The van der Waals surface area contributed by atoms with E-state index >= 15 is 0 Å². The second-order valence-electron chi connectivity index (χ2n) is 7.48. The van der Waals surface area contributed by atoms with Gasteiger partial charge in [-0.3, -0.25) is 4.79 Å². The van der Waals surface area contributed by atoms with E-state index in [-0.39, 0.29) is 5.91 Å². The standard InChI is InChI=1S/C22H25N5O4S2/c1-3-20(28)24-22-16(2)25-31-18(22)9-7-17-8-10-21(32-17)33(29,30)27-14-12-26(13-15-27)19-6-4-5-11-23-19/h4-11H,3,12-15H2,1-2H3,(H,24,28)/b9-7+. The third-order valence-corrected chi connectivity index (χ3v) is 8.70. The summed E-state index contributed by atoms with van der Waals surface area (Å²) < 4.78 is 33.4. The molecule has 4 rings (SSSR count). The molecular formula is C22H25N5O4S2. The average Bonchev–Trinajstić information content (AvgIpc) is 3.46. The number of rotatable bonds is 7. The Hall–Kier alpha value is -3.02. The number of anilines is 2. The van der Waals surface area contributed by atoms with Crippen molar-refractivity contribution in [2.75, 3.05) is 36.4 Å². The molecule has 0 radical (unpaired) electrons. The predicted octanol–water partition coefficient (Wildman–Crippen LogP) is 3.47. The zero-order valence-corrected chi connectivity index (χ0v) is 20.0. The fourth-order valence-corrected chi connectivity index (χ4v) is 6.23. The minimum Gasteiger partial charge on any atom is -0.354 e. The van der Waals surface area contributed by atoms with E-state index in [9.17, 15) is 13.2 Å². The van der Waals surface area contributed by atoms with Crippen molar-refractivity contribution in [2.24, 2.45) is 0 Å². The van der Waals surface area contributed by atoms with Crippen LogP contribution in [0.5, 0.6) is 0 Å². The van der Waals surface area contributed by atoms with Gasteiger partial charge in [-0.25, -0.2) is 13.4 Å². The summed E-state index contributed by atoms with van der Waals surface area (Å²) in [7, 11) is -3.58. The molecule has 33 heavy (non-hydrogen) atoms. The average molecular weight is 488 g/mol. The summed E-state index contributed by atoms with van der Waals surface area (Å²) in [5, 5.41) is 6.68. The third-order valence-electron chi connectivity index (χ3n) is 5.28. The van der Waals surface area contributed by atoms with Gasteiger partial charge < -0.3 is 14.7 Å². The summed E-state index contributed by atoms with van der Waals surface area (Å²) in [5.74, 6) is 1.14. The van der Waals surface area contributed by atoms with E-state index in [2.05, 4.69) is 20.4 Å². The Kier molecular flexibility index (Phi) is 6.91. The van der Waals surface area contributed by atoms with E-state index in [1.807, 2.05) is 18.2 Å². The maximum Gasteiger partial charge on any atom is 0.252 e. The molecule has 0 aliphatic carbocycles. The van der Waals surface area contributed by atoms with Crippen LogP contribution in [0.4, 0.5) is 11.5 Å². The molecule has 4 heterocycles. The lowest BCUT2D eigenvalue weighted by Crippen LogP contribution is -2.48. The Labute approximate surface area is 196 Å². The van der Waals surface area contributed by atoms with Crippen molar-refractivity contribution in [1.29, 1.82) is 0 Å². The molecule has 1 amide bonds. The van der Waals surface area contributed by atoms with E-state index in [0.717, 1.165) is 10.7 Å². The molecule has 0 aromatic carbocycles. The summed E-state index contributed by atoms with van der Waals surface area (Å²) >= 11 is 1.19. The summed E-state index contributed by atoms with van der Waals surface area (Å²) in [6, 6.07) is 9.09. The van der Waals surface area contributed by atoms with E-state index in [1.54, 1.807) is 44.3 Å². The minimum absolute atomic E-state index is 0.136. The SMILES string of the molecule is CCC(=O)Nc1c(C)noc1/C=C/c1ccc(S(=O)(=O)N2CCN(c3ccccn3)CC2)s1. The van der Waals surface area contributed by atoms with Gasteiger partial charge in [0.25, 0.3) is 10.0 Å². The highest BCUT2D eigenvalue weighted by Crippen LogP contribution is 2.29. The number of carbonyl (C=O) groups excluding carboxylic acids is 1. The topological polar surface area (TPSA) is 109 Å². The summed E-state index contributed by atoms with van der Waals surface area (Å²) in [6.07, 6.45) is 5.51. The molecule has 1 saturated heterocycles. The highest BCUT2D eigenvalue weighted by Gasteiger charge is 2.30. The predicted molar refractivity (Wildman–Crippen MR) is 129 cm³/mol. The van der Waals surface area contributed by atoms with E-state index in [0.29, 0.717) is 54.0 Å². The van der Waals surface area contributed by atoms with Crippen molar-refractivity contribution in [3.63, 3.8) is 0 Å². The van der Waals surface area contributed by atoms with Crippen molar-refractivity contribution < 1.29 is 17.7 Å². The van der Waals surface area contributed by atoms with Crippen LogP contribution in [0.3, 0.4) is 0 Å². The second kappa shape index (κ2) is 9.86. The molecule has 1 fully saturated rings. The first-order chi connectivity index (χ1) is 15.9. The van der Waals surface area contributed by atoms with E-state index < -0.39 is 10.0 Å². The fourth-order valence-electron chi connectivity index (χ4n) is 3.43. The van der Waals surface area contributed by atoms with Gasteiger partial charge in [-0.2, -0.15) is 4.31 Å². The van der Waals surface area contributed by atoms with Crippen LogP contribution in [0, 0.1) is 6.92 Å². The fraction of sp³-hybridized carbons (Fsp3) is 0.318. The molecule has 1 aliphatic heterocycles. The van der Waals surface area contributed by atoms with Gasteiger partial charge >= 0.3 is 0 Å². The first kappa shape index (κ1) is 23.1. The molecular weight excluding hydrogens is 462 g/mol. The van der Waals surface area contributed by atoms with Gasteiger partial charge in [0.15, 0.2) is 5.76 Å². The number of carbonyl (C=O) groups is 1. The van der Waals surface area contributed by atoms with Crippen LogP contribution in [0.15, 0.2) is 45.3 Å². The quantitative estimate of drug-likeness (QED) is 0.543. The van der Waals surface area contributed by atoms with Gasteiger partial charge in [0, 0.05) is 43.7 Å². The van der Waals surface area contributed by atoms with Gasteiger partial charge in [0.05, 0.1) is 0 Å². The molecule has 174 valence electrons. The van der Waals surface area contributed by atoms with Crippen LogP contribution < -0.4 is 10.2 Å². The molecule has 0 atom stereocenters. The van der Waals surface area contributed by atoms with Crippen molar-refractivity contribution in [3.8, 4) is 0 Å². The largest absolute Gasteiger partial charge is 0.354 e. The van der Waals surface area contributed by atoms with Gasteiger partial charge in [-0.1, -0.05) is 18.1 Å². The molecule has 11 heteroatoms. The number of aryl methyl sites for hydroxylation is 1. The monoisotopic (exact) mass is 487 g/mol. The lowest BCUT2D eigenvalue weighted by molar-refractivity contribution is -0.115. The van der Waals surface area contributed by atoms with Crippen molar-refractivity contribution in [2.45, 2.75) is 24.5 Å². The molecule has 1 aliphatic rings. The Morgan fingerprint density at radius 2 is 1.97 bits per heavy atom. The van der Waals surface area contributed by atoms with Crippen molar-refractivity contribution in [1.82, 2.24) is 14.4 Å². The molecule has 1 N–H and O–H groups in total. The zero-order chi connectivity index (χ0) is 23.4. The second-order valence-corrected chi connectivity index (χ2v) is 10.8. The lowest BCUT2D eigenvalue weighted by Gasteiger charge is -2.34. The van der Waals surface area contributed by atoms with Crippen LogP contribution in [-0.2, 0) is 14.8 Å². The molecule has 0 unspecified atom stereocenters. The van der Waals surface area contributed by atoms with Gasteiger partial charge in [0.2, 0.25) is 5.91 Å². The normalized spacial score (nSPS) is 15.3. The lowest BCUT2D eigenvalue weighted by atomic mass is 10.2. The molecule has 0 saturated carbocycles. The number of aromatic nitrogens is 2. The van der Waals surface area contributed by atoms with Gasteiger partial charge in [-0.15, -0.1) is 11.3 Å². The number of piperazine rings is 1. The van der Waals surface area contributed by atoms with Crippen molar-refractivity contribution in [3.05, 3.63) is 52.9 Å². The Bertz CT molecular complexity index is 1240. The molecule has 3 aromatic rings. The molecule has 0 bridgehead atoms. The summed E-state index contributed by atoms with van der Waals surface area (Å²) in [4.78, 5) is 18.9. The van der Waals surface area contributed by atoms with E-state index in [4.69, 9.17) is 4.52 Å². The summed E-state index contributed by atoms with van der Waals surface area (Å²) in [6.45, 7) is 5.49. The number of hydrogen-bond donors (Lipinski definition) is 1. The maximum absolute atomic E-state index is 13.1. The molecule has 0 spiro atoms. The smallest absolute Gasteiger partial charge is 0.252 e. The third kappa shape index (κ3) is 5.15. The highest BCUT2D eigenvalue weighted by atomic mass is 32.2. The van der Waals surface area contributed by atoms with E-state index in [1.165, 1.54) is 15.6 Å². The molecule has 9 nitrogen and oxygen atoms in total. The van der Waals surface area contributed by atoms with Crippen molar-refractivity contribution >= 4 is 50.9 Å². The number of sulfonamides is 1. The first-order valence-corrected chi connectivity index (χ1v) is 12.8. The Balaban J connectivity index is 1.44. The summed E-state index contributed by atoms with van der Waals surface area (Å²) in [5.41, 5.74) is 1.10. The van der Waals surface area contributed by atoms with Gasteiger partial charge in [0.1, 0.15) is 21.4 Å².